The average Bonchev–Trinajstić information content (AvgIpc) is 3.12. The predicted molar refractivity (Wildman–Crippen MR) is 95.3 cm³/mol. The number of amides is 2. The Labute approximate surface area is 154 Å². The summed E-state index contributed by atoms with van der Waals surface area (Å²) in [5.74, 6) is -0.640. The third-order valence-corrected chi connectivity index (χ3v) is 4.46. The lowest BCUT2D eigenvalue weighted by molar-refractivity contribution is -0.124. The zero-order valence-corrected chi connectivity index (χ0v) is 15.2. The Morgan fingerprint density at radius 1 is 1.15 bits per heavy atom. The molecule has 1 aromatic carbocycles. The predicted octanol–water partition coefficient (Wildman–Crippen LogP) is 3.42. The molecule has 1 heterocycles. The third-order valence-electron chi connectivity index (χ3n) is 3.60. The van der Waals surface area contributed by atoms with Crippen molar-refractivity contribution >= 4 is 23.2 Å². The second kappa shape index (κ2) is 9.28. The van der Waals surface area contributed by atoms with Gasteiger partial charge in [-0.05, 0) is 35.1 Å². The fourth-order valence-electron chi connectivity index (χ4n) is 2.24. The molecule has 1 unspecified atom stereocenters. The molecule has 2 N–H and O–H groups in total. The molecule has 1 aromatic heterocycles. The van der Waals surface area contributed by atoms with E-state index >= 15 is 0 Å². The molecule has 0 radical (unpaired) electrons. The second-order valence-corrected chi connectivity index (χ2v) is 6.86. The number of benzene rings is 1. The molecule has 2 amide bonds. The zero-order valence-electron chi connectivity index (χ0n) is 14.4. The fraction of sp³-hybridized carbons (Fsp3) is 0.333. The van der Waals surface area contributed by atoms with Gasteiger partial charge in [0.2, 0.25) is 5.91 Å². The number of rotatable bonds is 8. The van der Waals surface area contributed by atoms with E-state index in [-0.39, 0.29) is 30.0 Å². The monoisotopic (exact) mass is 382 g/mol. The van der Waals surface area contributed by atoms with Crippen LogP contribution in [0.1, 0.15) is 29.1 Å². The van der Waals surface area contributed by atoms with Crippen molar-refractivity contribution in [1.82, 2.24) is 10.6 Å². The average molecular weight is 382 g/mol. The first-order valence-electron chi connectivity index (χ1n) is 8.02. The minimum atomic E-state index is -2.88. The molecule has 0 bridgehead atoms. The molecule has 0 saturated heterocycles. The van der Waals surface area contributed by atoms with E-state index in [1.807, 2.05) is 13.8 Å². The number of hydrogen-bond donors (Lipinski definition) is 2. The molecule has 1 atom stereocenters. The maximum Gasteiger partial charge on any atom is 0.387 e. The van der Waals surface area contributed by atoms with Gasteiger partial charge in [-0.3, -0.25) is 9.59 Å². The highest BCUT2D eigenvalue weighted by atomic mass is 32.1. The molecule has 0 saturated carbocycles. The van der Waals surface area contributed by atoms with E-state index in [4.69, 9.17) is 0 Å². The maximum absolute atomic E-state index is 12.4. The van der Waals surface area contributed by atoms with Crippen LogP contribution in [-0.2, 0) is 11.3 Å². The molecule has 0 fully saturated rings. The van der Waals surface area contributed by atoms with Gasteiger partial charge in [0.15, 0.2) is 0 Å². The number of nitrogens with one attached hydrogen (secondary N) is 2. The van der Waals surface area contributed by atoms with E-state index in [0.29, 0.717) is 4.88 Å². The van der Waals surface area contributed by atoms with E-state index in [9.17, 15) is 18.4 Å². The number of halogens is 2. The van der Waals surface area contributed by atoms with Gasteiger partial charge in [-0.15, -0.1) is 11.3 Å². The zero-order chi connectivity index (χ0) is 19.1. The summed E-state index contributed by atoms with van der Waals surface area (Å²) in [6, 6.07) is 8.78. The quantitative estimate of drug-likeness (QED) is 0.735. The van der Waals surface area contributed by atoms with Crippen molar-refractivity contribution in [1.29, 1.82) is 0 Å². The van der Waals surface area contributed by atoms with Crippen LogP contribution in [0, 0.1) is 5.92 Å². The molecule has 0 aliphatic rings. The van der Waals surface area contributed by atoms with Crippen LogP contribution in [0.4, 0.5) is 8.78 Å². The fourth-order valence-corrected chi connectivity index (χ4v) is 2.87. The Bertz CT molecular complexity index is 719. The van der Waals surface area contributed by atoms with Crippen molar-refractivity contribution in [2.75, 3.05) is 0 Å². The van der Waals surface area contributed by atoms with E-state index < -0.39 is 12.7 Å². The molecule has 5 nitrogen and oxygen atoms in total. The van der Waals surface area contributed by atoms with Crippen molar-refractivity contribution in [3.63, 3.8) is 0 Å². The lowest BCUT2D eigenvalue weighted by Gasteiger charge is -2.21. The van der Waals surface area contributed by atoms with Gasteiger partial charge < -0.3 is 15.4 Å². The molecule has 8 heteroatoms. The van der Waals surface area contributed by atoms with Gasteiger partial charge in [0.05, 0.1) is 4.88 Å². The van der Waals surface area contributed by atoms with Crippen molar-refractivity contribution in [2.45, 2.75) is 33.0 Å². The number of alkyl halides is 2. The molecule has 2 aromatic rings. The Balaban J connectivity index is 1.92. The molecule has 0 spiro atoms. The Morgan fingerprint density at radius 2 is 1.85 bits per heavy atom. The number of carbonyl (C=O) groups is 2. The topological polar surface area (TPSA) is 67.4 Å². The molecule has 2 rings (SSSR count). The van der Waals surface area contributed by atoms with Gasteiger partial charge >= 0.3 is 6.61 Å². The maximum atomic E-state index is 12.4. The first-order valence-corrected chi connectivity index (χ1v) is 8.90. The van der Waals surface area contributed by atoms with Crippen LogP contribution in [0.25, 0.3) is 0 Å². The van der Waals surface area contributed by atoms with Crippen LogP contribution in [0.2, 0.25) is 0 Å². The van der Waals surface area contributed by atoms with Gasteiger partial charge in [0.25, 0.3) is 5.91 Å². The number of ether oxygens (including phenoxy) is 1. The molecule has 140 valence electrons. The van der Waals surface area contributed by atoms with Crippen LogP contribution >= 0.6 is 11.3 Å². The summed E-state index contributed by atoms with van der Waals surface area (Å²) in [6.07, 6.45) is 0. The summed E-state index contributed by atoms with van der Waals surface area (Å²) < 4.78 is 28.5. The van der Waals surface area contributed by atoms with Crippen LogP contribution < -0.4 is 15.4 Å². The summed E-state index contributed by atoms with van der Waals surface area (Å²) in [5.41, 5.74) is 0.729. The molecular weight excluding hydrogens is 362 g/mol. The normalized spacial score (nSPS) is 12.1. The van der Waals surface area contributed by atoms with E-state index in [2.05, 4.69) is 15.4 Å². The first-order chi connectivity index (χ1) is 12.4. The van der Waals surface area contributed by atoms with Crippen molar-refractivity contribution in [2.24, 2.45) is 5.92 Å². The van der Waals surface area contributed by atoms with Gasteiger partial charge in [-0.25, -0.2) is 0 Å². The van der Waals surface area contributed by atoms with Crippen LogP contribution in [-0.4, -0.2) is 24.5 Å². The first kappa shape index (κ1) is 19.8. The van der Waals surface area contributed by atoms with Gasteiger partial charge in [0.1, 0.15) is 11.8 Å². The summed E-state index contributed by atoms with van der Waals surface area (Å²) in [4.78, 5) is 25.1. The lowest BCUT2D eigenvalue weighted by Crippen LogP contribution is -2.49. The SMILES string of the molecule is CC(C)C(NC(=O)c1cccs1)C(=O)NCc1ccc(OC(F)F)cc1. The van der Waals surface area contributed by atoms with Crippen LogP contribution in [0.5, 0.6) is 5.75 Å². The Hall–Kier alpha value is -2.48. The highest BCUT2D eigenvalue weighted by molar-refractivity contribution is 7.12. The number of carbonyl (C=O) groups excluding carboxylic acids is 2. The highest BCUT2D eigenvalue weighted by Gasteiger charge is 2.24. The lowest BCUT2D eigenvalue weighted by atomic mass is 10.0. The minimum Gasteiger partial charge on any atom is -0.435 e. The molecule has 26 heavy (non-hydrogen) atoms. The number of hydrogen-bond acceptors (Lipinski definition) is 4. The van der Waals surface area contributed by atoms with Crippen molar-refractivity contribution in [3.05, 3.63) is 52.2 Å². The summed E-state index contributed by atoms with van der Waals surface area (Å²) >= 11 is 1.30. The largest absolute Gasteiger partial charge is 0.435 e. The molecule has 0 aliphatic heterocycles. The standard InChI is InChI=1S/C18H20F2N2O3S/c1-11(2)15(22-16(23)14-4-3-9-26-14)17(24)21-10-12-5-7-13(8-6-12)25-18(19)20/h3-9,11,15,18H,10H2,1-2H3,(H,21,24)(H,22,23). The Morgan fingerprint density at radius 3 is 2.38 bits per heavy atom. The van der Waals surface area contributed by atoms with E-state index in [1.54, 1.807) is 29.6 Å². The molecule has 0 aliphatic carbocycles. The number of thiophene rings is 1. The van der Waals surface area contributed by atoms with Crippen LogP contribution in [0.15, 0.2) is 41.8 Å². The third kappa shape index (κ3) is 5.80. The van der Waals surface area contributed by atoms with Crippen LogP contribution in [0.3, 0.4) is 0 Å². The molecular formula is C18H20F2N2O3S. The van der Waals surface area contributed by atoms with Crippen molar-refractivity contribution in [3.8, 4) is 5.75 Å². The summed E-state index contributed by atoms with van der Waals surface area (Å²) in [5, 5.41) is 7.29. The Kier molecular flexibility index (Phi) is 7.08. The summed E-state index contributed by atoms with van der Waals surface area (Å²) in [7, 11) is 0. The smallest absolute Gasteiger partial charge is 0.387 e. The van der Waals surface area contributed by atoms with E-state index in [1.165, 1.54) is 23.5 Å². The minimum absolute atomic E-state index is 0.0540. The van der Waals surface area contributed by atoms with Gasteiger partial charge in [-0.2, -0.15) is 8.78 Å². The van der Waals surface area contributed by atoms with Gasteiger partial charge in [0, 0.05) is 6.54 Å². The van der Waals surface area contributed by atoms with Gasteiger partial charge in [-0.1, -0.05) is 32.0 Å². The second-order valence-electron chi connectivity index (χ2n) is 5.91. The highest BCUT2D eigenvalue weighted by Crippen LogP contribution is 2.15. The van der Waals surface area contributed by atoms with E-state index in [0.717, 1.165) is 5.56 Å². The van der Waals surface area contributed by atoms with Crippen molar-refractivity contribution < 1.29 is 23.1 Å². The summed E-state index contributed by atoms with van der Waals surface area (Å²) in [6.45, 7) is 1.02.